The highest BCUT2D eigenvalue weighted by atomic mass is 35.5. The molecule has 2 aromatic carbocycles. The number of nitrogens with zero attached hydrogens (tertiary/aromatic N) is 2. The summed E-state index contributed by atoms with van der Waals surface area (Å²) in [5.41, 5.74) is 3.00. The van der Waals surface area contributed by atoms with Crippen LogP contribution in [0.2, 0.25) is 5.02 Å². The van der Waals surface area contributed by atoms with Crippen molar-refractivity contribution in [3.63, 3.8) is 0 Å². The average Bonchev–Trinajstić information content (AvgIpc) is 3.18. The van der Waals surface area contributed by atoms with E-state index in [0.29, 0.717) is 19.6 Å². The number of hydroxylamine groups is 1. The van der Waals surface area contributed by atoms with Crippen LogP contribution >= 0.6 is 11.6 Å². The van der Waals surface area contributed by atoms with E-state index in [1.54, 1.807) is 17.0 Å². The maximum Gasteiger partial charge on any atom is 0.345 e. The molecule has 9 nitrogen and oxygen atoms in total. The first kappa shape index (κ1) is 26.6. The van der Waals surface area contributed by atoms with E-state index in [-0.39, 0.29) is 46.8 Å². The fourth-order valence-electron chi connectivity index (χ4n) is 4.48. The Bertz CT molecular complexity index is 1190. The molecular formula is C26H27ClFN3O6. The van der Waals surface area contributed by atoms with Gasteiger partial charge in [0.25, 0.3) is 11.8 Å². The first-order valence-corrected chi connectivity index (χ1v) is 12.2. The summed E-state index contributed by atoms with van der Waals surface area (Å²) in [6, 6.07) is 10.7. The molecule has 0 saturated carbocycles. The topological polar surface area (TPSA) is 105 Å². The maximum absolute atomic E-state index is 13.2. The quantitative estimate of drug-likeness (QED) is 0.412. The minimum Gasteiger partial charge on any atom is -0.483 e. The molecule has 4 rings (SSSR count). The van der Waals surface area contributed by atoms with Crippen LogP contribution in [0.3, 0.4) is 0 Å². The number of hydrogen-bond acceptors (Lipinski definition) is 7. The van der Waals surface area contributed by atoms with Crippen molar-refractivity contribution in [3.05, 3.63) is 64.4 Å². The number of halogens is 2. The van der Waals surface area contributed by atoms with Crippen LogP contribution in [0.25, 0.3) is 0 Å². The molecule has 0 spiro atoms. The van der Waals surface area contributed by atoms with Crippen LogP contribution in [-0.2, 0) is 25.8 Å². The lowest BCUT2D eigenvalue weighted by atomic mass is 9.97. The molecule has 0 aromatic heterocycles. The van der Waals surface area contributed by atoms with Gasteiger partial charge < -0.3 is 14.5 Å². The zero-order valence-electron chi connectivity index (χ0n) is 20.4. The summed E-state index contributed by atoms with van der Waals surface area (Å²) in [6.45, 7) is 5.43. The fourth-order valence-corrected chi connectivity index (χ4v) is 4.65. The molecular weight excluding hydrogens is 505 g/mol. The monoisotopic (exact) mass is 531 g/mol. The number of ketones is 1. The highest BCUT2D eigenvalue weighted by molar-refractivity contribution is 6.31. The Balaban J connectivity index is 1.37. The Morgan fingerprint density at radius 1 is 1.11 bits per heavy atom. The Morgan fingerprint density at radius 2 is 1.84 bits per heavy atom. The SMILES string of the molecule is C[C@@H]1CN(Cc2ccc(F)cc2)[C@@H](C)CN1C(=O)COc1ccc(Cl)cc1C(=O)CC1C(=O)NOC1=O. The van der Waals surface area contributed by atoms with Crippen LogP contribution < -0.4 is 10.2 Å². The molecule has 2 aliphatic heterocycles. The Labute approximate surface area is 218 Å². The van der Waals surface area contributed by atoms with Crippen LogP contribution in [0, 0.1) is 11.7 Å². The molecule has 0 aliphatic carbocycles. The minimum absolute atomic E-state index is 0.0650. The van der Waals surface area contributed by atoms with Crippen molar-refractivity contribution in [2.75, 3.05) is 19.7 Å². The number of piperazine rings is 1. The molecule has 2 aromatic rings. The van der Waals surface area contributed by atoms with Gasteiger partial charge in [-0.05, 0) is 49.7 Å². The molecule has 3 atom stereocenters. The van der Waals surface area contributed by atoms with Gasteiger partial charge in [0.05, 0.1) is 5.56 Å². The van der Waals surface area contributed by atoms with Gasteiger partial charge in [-0.25, -0.2) is 9.18 Å². The lowest BCUT2D eigenvalue weighted by Gasteiger charge is -2.44. The van der Waals surface area contributed by atoms with Gasteiger partial charge in [-0.2, -0.15) is 5.48 Å². The molecule has 0 radical (unpaired) electrons. The van der Waals surface area contributed by atoms with E-state index in [0.717, 1.165) is 5.56 Å². The number of hydrogen-bond donors (Lipinski definition) is 1. The normalized spacial score (nSPS) is 21.9. The van der Waals surface area contributed by atoms with Crippen LogP contribution in [-0.4, -0.2) is 65.1 Å². The summed E-state index contributed by atoms with van der Waals surface area (Å²) in [6.07, 6.45) is -0.417. The molecule has 1 N–H and O–H groups in total. The summed E-state index contributed by atoms with van der Waals surface area (Å²) in [5, 5.41) is 0.264. The molecule has 1 unspecified atom stereocenters. The number of rotatable bonds is 8. The highest BCUT2D eigenvalue weighted by Crippen LogP contribution is 2.27. The molecule has 196 valence electrons. The molecule has 2 aliphatic rings. The smallest absolute Gasteiger partial charge is 0.345 e. The number of carbonyl (C=O) groups is 4. The minimum atomic E-state index is -1.26. The summed E-state index contributed by atoms with van der Waals surface area (Å²) < 4.78 is 18.9. The Hall–Kier alpha value is -3.50. The van der Waals surface area contributed by atoms with Gasteiger partial charge in [-0.15, -0.1) is 0 Å². The first-order chi connectivity index (χ1) is 17.6. The van der Waals surface area contributed by atoms with Crippen molar-refractivity contribution < 1.29 is 33.1 Å². The van der Waals surface area contributed by atoms with Crippen molar-refractivity contribution >= 4 is 35.2 Å². The second-order valence-corrected chi connectivity index (χ2v) is 9.73. The van der Waals surface area contributed by atoms with Gasteiger partial charge in [0, 0.05) is 43.2 Å². The van der Waals surface area contributed by atoms with Crippen molar-refractivity contribution in [2.24, 2.45) is 5.92 Å². The standard InChI is InChI=1S/C26H27ClFN3O6/c1-15-12-31(16(2)11-30(15)13-17-3-6-19(28)7-4-17)24(33)14-36-23-8-5-18(27)9-20(23)22(32)10-21-25(34)29-37-26(21)35/h3-9,15-16,21H,10-14H2,1-2H3,(H,29,34)/t15-,16+,21?/m0/s1. The van der Waals surface area contributed by atoms with Gasteiger partial charge in [0.2, 0.25) is 0 Å². The molecule has 2 heterocycles. The predicted octanol–water partition coefficient (Wildman–Crippen LogP) is 2.76. The van der Waals surface area contributed by atoms with E-state index in [1.807, 2.05) is 19.3 Å². The number of amides is 2. The van der Waals surface area contributed by atoms with E-state index >= 15 is 0 Å². The second-order valence-electron chi connectivity index (χ2n) is 9.30. The van der Waals surface area contributed by atoms with E-state index < -0.39 is 30.0 Å². The van der Waals surface area contributed by atoms with Crippen LogP contribution in [0.15, 0.2) is 42.5 Å². The summed E-state index contributed by atoms with van der Waals surface area (Å²) >= 11 is 6.06. The molecule has 11 heteroatoms. The average molecular weight is 532 g/mol. The third-order valence-corrected chi connectivity index (χ3v) is 6.81. The zero-order chi connectivity index (χ0) is 26.7. The van der Waals surface area contributed by atoms with Gasteiger partial charge in [-0.3, -0.25) is 19.3 Å². The largest absolute Gasteiger partial charge is 0.483 e. The van der Waals surface area contributed by atoms with Crippen LogP contribution in [0.4, 0.5) is 4.39 Å². The third-order valence-electron chi connectivity index (χ3n) is 6.57. The van der Waals surface area contributed by atoms with Crippen molar-refractivity contribution in [2.45, 2.75) is 38.9 Å². The van der Waals surface area contributed by atoms with Crippen molar-refractivity contribution in [1.29, 1.82) is 0 Å². The maximum atomic E-state index is 13.2. The number of nitrogens with one attached hydrogen (secondary N) is 1. The van der Waals surface area contributed by atoms with Gasteiger partial charge >= 0.3 is 5.97 Å². The molecule has 2 fully saturated rings. The summed E-state index contributed by atoms with van der Waals surface area (Å²) in [5.74, 6) is -3.72. The van der Waals surface area contributed by atoms with Gasteiger partial charge in [0.1, 0.15) is 17.5 Å². The highest BCUT2D eigenvalue weighted by Gasteiger charge is 2.38. The number of carbonyl (C=O) groups excluding carboxylic acids is 4. The Morgan fingerprint density at radius 3 is 2.51 bits per heavy atom. The van der Waals surface area contributed by atoms with Crippen molar-refractivity contribution in [1.82, 2.24) is 15.3 Å². The number of benzene rings is 2. The van der Waals surface area contributed by atoms with E-state index in [9.17, 15) is 23.6 Å². The predicted molar refractivity (Wildman–Crippen MR) is 131 cm³/mol. The van der Waals surface area contributed by atoms with Crippen LogP contribution in [0.1, 0.15) is 36.2 Å². The van der Waals surface area contributed by atoms with Crippen molar-refractivity contribution in [3.8, 4) is 5.75 Å². The molecule has 2 saturated heterocycles. The zero-order valence-corrected chi connectivity index (χ0v) is 21.2. The number of Topliss-reactive ketones (excluding diaryl/α,β-unsaturated/α-hetero) is 1. The fraction of sp³-hybridized carbons (Fsp3) is 0.385. The number of ether oxygens (including phenoxy) is 1. The summed E-state index contributed by atoms with van der Waals surface area (Å²) in [7, 11) is 0. The Kier molecular flexibility index (Phi) is 8.09. The molecule has 37 heavy (non-hydrogen) atoms. The second kappa shape index (κ2) is 11.3. The van der Waals surface area contributed by atoms with E-state index in [1.165, 1.54) is 30.3 Å². The van der Waals surface area contributed by atoms with Gasteiger partial charge in [-0.1, -0.05) is 23.7 Å². The van der Waals surface area contributed by atoms with E-state index in [2.05, 4.69) is 9.74 Å². The van der Waals surface area contributed by atoms with E-state index in [4.69, 9.17) is 16.3 Å². The first-order valence-electron chi connectivity index (χ1n) is 11.9. The third kappa shape index (κ3) is 6.26. The van der Waals surface area contributed by atoms with Crippen LogP contribution in [0.5, 0.6) is 5.75 Å². The molecule has 2 amide bonds. The lowest BCUT2D eigenvalue weighted by Crippen LogP contribution is -2.58. The lowest BCUT2D eigenvalue weighted by molar-refractivity contribution is -0.146. The summed E-state index contributed by atoms with van der Waals surface area (Å²) in [4.78, 5) is 57.8. The molecule has 0 bridgehead atoms. The van der Waals surface area contributed by atoms with Gasteiger partial charge in [0.15, 0.2) is 12.4 Å².